The lowest BCUT2D eigenvalue weighted by Gasteiger charge is -2.14. The van der Waals surface area contributed by atoms with Crippen LogP contribution in [0.25, 0.3) is 0 Å². The van der Waals surface area contributed by atoms with Gasteiger partial charge in [-0.05, 0) is 26.8 Å². The van der Waals surface area contributed by atoms with E-state index in [9.17, 15) is 4.79 Å². The number of hydrogen-bond acceptors (Lipinski definition) is 4. The third-order valence-corrected chi connectivity index (χ3v) is 1.28. The normalized spacial score (nSPS) is 13.4. The summed E-state index contributed by atoms with van der Waals surface area (Å²) in [6.45, 7) is 7.26. The van der Waals surface area contributed by atoms with Crippen LogP contribution in [0.1, 0.15) is 27.7 Å². The van der Waals surface area contributed by atoms with Crippen LogP contribution in [0, 0.1) is 0 Å². The molecule has 0 aliphatic rings. The Morgan fingerprint density at radius 3 is 2.54 bits per heavy atom. The second kappa shape index (κ2) is 6.34. The average Bonchev–Trinajstić information content (AvgIpc) is 2.04. The van der Waals surface area contributed by atoms with Gasteiger partial charge in [0.2, 0.25) is 6.29 Å². The summed E-state index contributed by atoms with van der Waals surface area (Å²) in [6, 6.07) is 0. The van der Waals surface area contributed by atoms with Crippen molar-refractivity contribution < 1.29 is 19.0 Å². The molecule has 13 heavy (non-hydrogen) atoms. The first-order valence-electron chi connectivity index (χ1n) is 4.23. The third-order valence-electron chi connectivity index (χ3n) is 1.28. The van der Waals surface area contributed by atoms with Crippen molar-refractivity contribution in [2.45, 2.75) is 34.0 Å². The molecule has 0 amide bonds. The van der Waals surface area contributed by atoms with E-state index in [0.717, 1.165) is 0 Å². The van der Waals surface area contributed by atoms with Gasteiger partial charge in [-0.2, -0.15) is 0 Å². The fourth-order valence-electron chi connectivity index (χ4n) is 0.641. The van der Waals surface area contributed by atoms with Crippen LogP contribution in [-0.2, 0) is 14.2 Å². The summed E-state index contributed by atoms with van der Waals surface area (Å²) >= 11 is 0. The zero-order valence-corrected chi connectivity index (χ0v) is 8.49. The molecule has 4 heteroatoms. The molecule has 0 saturated carbocycles. The van der Waals surface area contributed by atoms with Gasteiger partial charge in [0.1, 0.15) is 0 Å². The van der Waals surface area contributed by atoms with Gasteiger partial charge >= 0.3 is 6.16 Å². The van der Waals surface area contributed by atoms with E-state index in [4.69, 9.17) is 9.47 Å². The lowest BCUT2D eigenvalue weighted by Crippen LogP contribution is -2.18. The summed E-state index contributed by atoms with van der Waals surface area (Å²) in [7, 11) is 0. The SMILES string of the molecule is C/C=C(/C)OC(C)OC(=O)OCC. The van der Waals surface area contributed by atoms with Crippen molar-refractivity contribution in [2.24, 2.45) is 0 Å². The van der Waals surface area contributed by atoms with Gasteiger partial charge in [-0.15, -0.1) is 0 Å². The maximum atomic E-state index is 10.8. The second-order valence-electron chi connectivity index (χ2n) is 2.39. The molecule has 4 nitrogen and oxygen atoms in total. The summed E-state index contributed by atoms with van der Waals surface area (Å²) in [5.74, 6) is 0.705. The van der Waals surface area contributed by atoms with Crippen LogP contribution in [0.5, 0.6) is 0 Å². The summed E-state index contributed by atoms with van der Waals surface area (Å²) in [4.78, 5) is 10.8. The molecule has 1 atom stereocenters. The second-order valence-corrected chi connectivity index (χ2v) is 2.39. The van der Waals surface area contributed by atoms with Crippen molar-refractivity contribution in [1.29, 1.82) is 0 Å². The van der Waals surface area contributed by atoms with E-state index in [-0.39, 0.29) is 0 Å². The summed E-state index contributed by atoms with van der Waals surface area (Å²) in [5.41, 5.74) is 0. The number of allylic oxidation sites excluding steroid dienone is 2. The zero-order valence-electron chi connectivity index (χ0n) is 8.49. The molecule has 0 aromatic rings. The minimum Gasteiger partial charge on any atom is -0.460 e. The van der Waals surface area contributed by atoms with E-state index in [2.05, 4.69) is 4.74 Å². The molecule has 0 bridgehead atoms. The lowest BCUT2D eigenvalue weighted by molar-refractivity contribution is -0.0837. The highest BCUT2D eigenvalue weighted by molar-refractivity contribution is 5.59. The number of hydrogen-bond donors (Lipinski definition) is 0. The Labute approximate surface area is 78.5 Å². The molecule has 0 radical (unpaired) electrons. The summed E-state index contributed by atoms with van der Waals surface area (Å²) in [6.07, 6.45) is 0.458. The molecular formula is C9H16O4. The predicted molar refractivity (Wildman–Crippen MR) is 48.1 cm³/mol. The van der Waals surface area contributed by atoms with Crippen LogP contribution in [-0.4, -0.2) is 19.1 Å². The van der Waals surface area contributed by atoms with Gasteiger partial charge in [-0.1, -0.05) is 0 Å². The van der Waals surface area contributed by atoms with Crippen molar-refractivity contribution >= 4 is 6.16 Å². The van der Waals surface area contributed by atoms with Gasteiger partial charge in [0, 0.05) is 6.92 Å². The Morgan fingerprint density at radius 2 is 2.08 bits per heavy atom. The number of ether oxygens (including phenoxy) is 3. The zero-order chi connectivity index (χ0) is 10.3. The molecular weight excluding hydrogens is 172 g/mol. The van der Waals surface area contributed by atoms with Crippen LogP contribution in [0.4, 0.5) is 4.79 Å². The Morgan fingerprint density at radius 1 is 1.46 bits per heavy atom. The molecule has 0 heterocycles. The number of carbonyl (C=O) groups is 1. The highest BCUT2D eigenvalue weighted by Crippen LogP contribution is 2.03. The van der Waals surface area contributed by atoms with E-state index in [1.54, 1.807) is 26.8 Å². The molecule has 0 spiro atoms. The summed E-state index contributed by atoms with van der Waals surface area (Å²) in [5, 5.41) is 0. The van der Waals surface area contributed by atoms with E-state index >= 15 is 0 Å². The first-order valence-corrected chi connectivity index (χ1v) is 4.23. The van der Waals surface area contributed by atoms with E-state index < -0.39 is 12.4 Å². The molecule has 0 N–H and O–H groups in total. The maximum Gasteiger partial charge on any atom is 0.511 e. The number of rotatable bonds is 4. The highest BCUT2D eigenvalue weighted by atomic mass is 16.8. The van der Waals surface area contributed by atoms with Crippen molar-refractivity contribution in [2.75, 3.05) is 6.61 Å². The van der Waals surface area contributed by atoms with Crippen LogP contribution in [0.2, 0.25) is 0 Å². The van der Waals surface area contributed by atoms with Crippen LogP contribution in [0.15, 0.2) is 11.8 Å². The molecule has 0 rings (SSSR count). The van der Waals surface area contributed by atoms with Crippen LogP contribution >= 0.6 is 0 Å². The van der Waals surface area contributed by atoms with Crippen LogP contribution < -0.4 is 0 Å². The molecule has 76 valence electrons. The van der Waals surface area contributed by atoms with E-state index in [1.807, 2.05) is 6.92 Å². The molecule has 0 aliphatic heterocycles. The Balaban J connectivity index is 3.73. The lowest BCUT2D eigenvalue weighted by atomic mass is 10.5. The third kappa shape index (κ3) is 6.02. The first-order chi connectivity index (χ1) is 6.10. The quantitative estimate of drug-likeness (QED) is 0.386. The topological polar surface area (TPSA) is 44.8 Å². The van der Waals surface area contributed by atoms with Crippen LogP contribution in [0.3, 0.4) is 0 Å². The van der Waals surface area contributed by atoms with E-state index in [1.165, 1.54) is 0 Å². The van der Waals surface area contributed by atoms with E-state index in [0.29, 0.717) is 12.4 Å². The number of carbonyl (C=O) groups excluding carboxylic acids is 1. The van der Waals surface area contributed by atoms with Gasteiger partial charge in [0.25, 0.3) is 0 Å². The minimum absolute atomic E-state index is 0.300. The van der Waals surface area contributed by atoms with Gasteiger partial charge in [-0.25, -0.2) is 4.79 Å². The fourth-order valence-corrected chi connectivity index (χ4v) is 0.641. The monoisotopic (exact) mass is 188 g/mol. The largest absolute Gasteiger partial charge is 0.511 e. The van der Waals surface area contributed by atoms with Crippen molar-refractivity contribution in [3.05, 3.63) is 11.8 Å². The highest BCUT2D eigenvalue weighted by Gasteiger charge is 2.10. The van der Waals surface area contributed by atoms with Gasteiger partial charge in [-0.3, -0.25) is 0 Å². The average molecular weight is 188 g/mol. The standard InChI is InChI=1S/C9H16O4/c1-5-7(3)12-8(4)13-9(10)11-6-2/h5,8H,6H2,1-4H3/b7-5-. The van der Waals surface area contributed by atoms with Gasteiger partial charge < -0.3 is 14.2 Å². The Bertz CT molecular complexity index is 186. The molecule has 0 saturated heterocycles. The molecule has 0 aliphatic carbocycles. The minimum atomic E-state index is -0.709. The van der Waals surface area contributed by atoms with Crippen molar-refractivity contribution in [3.63, 3.8) is 0 Å². The molecule has 0 aromatic heterocycles. The fraction of sp³-hybridized carbons (Fsp3) is 0.667. The summed E-state index contributed by atoms with van der Waals surface area (Å²) < 4.78 is 14.5. The van der Waals surface area contributed by atoms with Gasteiger partial charge in [0.15, 0.2) is 0 Å². The predicted octanol–water partition coefficient (Wildman–Crippen LogP) is 2.45. The first kappa shape index (κ1) is 11.8. The van der Waals surface area contributed by atoms with Gasteiger partial charge in [0.05, 0.1) is 12.4 Å². The molecule has 1 unspecified atom stereocenters. The Hall–Kier alpha value is -1.19. The Kier molecular flexibility index (Phi) is 5.76. The molecule has 0 aromatic carbocycles. The molecule has 0 fully saturated rings. The maximum absolute atomic E-state index is 10.8. The van der Waals surface area contributed by atoms with Crippen molar-refractivity contribution in [3.8, 4) is 0 Å². The smallest absolute Gasteiger partial charge is 0.460 e. The van der Waals surface area contributed by atoms with Crippen molar-refractivity contribution in [1.82, 2.24) is 0 Å².